The molecule has 0 saturated heterocycles. The van der Waals surface area contributed by atoms with E-state index in [1.807, 2.05) is 30.3 Å². The second kappa shape index (κ2) is 7.45. The fourth-order valence-electron chi connectivity index (χ4n) is 1.50. The zero-order valence-corrected chi connectivity index (χ0v) is 10.3. The Balaban J connectivity index is 2.49. The number of aliphatic hydroxyl groups excluding tert-OH is 1. The van der Waals surface area contributed by atoms with E-state index in [0.29, 0.717) is 0 Å². The monoisotopic (exact) mass is 251 g/mol. The first-order valence-corrected chi connectivity index (χ1v) is 5.69. The largest absolute Gasteiger partial charge is 0.469 e. The number of hydrogen-bond acceptors (Lipinski definition) is 4. The predicted octanol–water partition coefficient (Wildman–Crippen LogP) is 0.789. The number of carbonyl (C=O) groups is 2. The van der Waals surface area contributed by atoms with Gasteiger partial charge in [-0.25, -0.2) is 0 Å². The summed E-state index contributed by atoms with van der Waals surface area (Å²) in [7, 11) is 1.28. The van der Waals surface area contributed by atoms with Gasteiger partial charge in [0.15, 0.2) is 0 Å². The van der Waals surface area contributed by atoms with Crippen LogP contribution in [-0.2, 0) is 14.3 Å². The van der Waals surface area contributed by atoms with Gasteiger partial charge in [0, 0.05) is 6.42 Å². The minimum Gasteiger partial charge on any atom is -0.469 e. The van der Waals surface area contributed by atoms with Crippen LogP contribution in [0.15, 0.2) is 30.3 Å². The standard InChI is InChI=1S/C13H17NO4/c1-18-13(17)8-7-12(16)14-11(9-15)10-5-3-2-4-6-10/h2-6,11,15H,7-9H2,1H3,(H,14,16). The van der Waals surface area contributed by atoms with E-state index in [-0.39, 0.29) is 25.4 Å². The smallest absolute Gasteiger partial charge is 0.306 e. The fourth-order valence-corrected chi connectivity index (χ4v) is 1.50. The van der Waals surface area contributed by atoms with Crippen molar-refractivity contribution in [1.82, 2.24) is 5.32 Å². The molecule has 1 amide bonds. The molecule has 0 aromatic heterocycles. The number of carbonyl (C=O) groups excluding carboxylic acids is 2. The molecule has 1 atom stereocenters. The van der Waals surface area contributed by atoms with Crippen LogP contribution in [0.1, 0.15) is 24.4 Å². The van der Waals surface area contributed by atoms with Gasteiger partial charge in [-0.3, -0.25) is 9.59 Å². The summed E-state index contributed by atoms with van der Waals surface area (Å²) >= 11 is 0. The lowest BCUT2D eigenvalue weighted by molar-refractivity contribution is -0.142. The Kier molecular flexibility index (Phi) is 5.87. The zero-order chi connectivity index (χ0) is 13.4. The Morgan fingerprint density at radius 1 is 1.28 bits per heavy atom. The average molecular weight is 251 g/mol. The van der Waals surface area contributed by atoms with Crippen LogP contribution >= 0.6 is 0 Å². The minimum atomic E-state index is -0.448. The lowest BCUT2D eigenvalue weighted by Gasteiger charge is -2.16. The Labute approximate surface area is 106 Å². The molecule has 0 spiro atoms. The second-order valence-corrected chi connectivity index (χ2v) is 3.79. The maximum atomic E-state index is 11.6. The van der Waals surface area contributed by atoms with Crippen LogP contribution in [-0.4, -0.2) is 30.7 Å². The highest BCUT2D eigenvalue weighted by atomic mass is 16.5. The van der Waals surface area contributed by atoms with Crippen LogP contribution in [0.2, 0.25) is 0 Å². The predicted molar refractivity (Wildman–Crippen MR) is 65.7 cm³/mol. The highest BCUT2D eigenvalue weighted by Gasteiger charge is 2.14. The number of nitrogens with one attached hydrogen (secondary N) is 1. The summed E-state index contributed by atoms with van der Waals surface area (Å²) in [5, 5.41) is 11.9. The van der Waals surface area contributed by atoms with Crippen LogP contribution < -0.4 is 5.32 Å². The number of amides is 1. The molecule has 2 N–H and O–H groups in total. The first-order chi connectivity index (χ1) is 8.67. The SMILES string of the molecule is COC(=O)CCC(=O)NC(CO)c1ccccc1. The van der Waals surface area contributed by atoms with Gasteiger partial charge >= 0.3 is 5.97 Å². The van der Waals surface area contributed by atoms with Crippen molar-refractivity contribution in [2.45, 2.75) is 18.9 Å². The topological polar surface area (TPSA) is 75.6 Å². The van der Waals surface area contributed by atoms with Gasteiger partial charge in [-0.2, -0.15) is 0 Å². The van der Waals surface area contributed by atoms with E-state index in [1.165, 1.54) is 7.11 Å². The van der Waals surface area contributed by atoms with E-state index in [0.717, 1.165) is 5.56 Å². The van der Waals surface area contributed by atoms with Crippen molar-refractivity contribution in [2.75, 3.05) is 13.7 Å². The number of methoxy groups -OCH3 is 1. The lowest BCUT2D eigenvalue weighted by atomic mass is 10.1. The molecule has 18 heavy (non-hydrogen) atoms. The molecule has 5 nitrogen and oxygen atoms in total. The summed E-state index contributed by atoms with van der Waals surface area (Å²) in [6, 6.07) is 8.72. The maximum absolute atomic E-state index is 11.6. The molecule has 1 rings (SSSR count). The maximum Gasteiger partial charge on any atom is 0.306 e. The van der Waals surface area contributed by atoms with Gasteiger partial charge in [0.25, 0.3) is 0 Å². The Morgan fingerprint density at radius 3 is 2.50 bits per heavy atom. The van der Waals surface area contributed by atoms with Crippen molar-refractivity contribution >= 4 is 11.9 Å². The summed E-state index contributed by atoms with van der Waals surface area (Å²) < 4.78 is 4.45. The van der Waals surface area contributed by atoms with E-state index >= 15 is 0 Å². The first-order valence-electron chi connectivity index (χ1n) is 5.69. The highest BCUT2D eigenvalue weighted by Crippen LogP contribution is 2.11. The van der Waals surface area contributed by atoms with E-state index < -0.39 is 12.0 Å². The quantitative estimate of drug-likeness (QED) is 0.733. The summed E-state index contributed by atoms with van der Waals surface area (Å²) in [6.45, 7) is -0.187. The Hall–Kier alpha value is -1.88. The van der Waals surface area contributed by atoms with Crippen LogP contribution in [0.5, 0.6) is 0 Å². The van der Waals surface area contributed by atoms with E-state index in [9.17, 15) is 14.7 Å². The molecule has 0 heterocycles. The number of rotatable bonds is 6. The van der Waals surface area contributed by atoms with E-state index in [4.69, 9.17) is 0 Å². The Morgan fingerprint density at radius 2 is 1.94 bits per heavy atom. The molecule has 5 heteroatoms. The third-order valence-electron chi connectivity index (χ3n) is 2.50. The lowest BCUT2D eigenvalue weighted by Crippen LogP contribution is -2.31. The molecule has 0 bridgehead atoms. The summed E-state index contributed by atoms with van der Waals surface area (Å²) in [5.41, 5.74) is 0.825. The van der Waals surface area contributed by atoms with Crippen molar-refractivity contribution in [3.63, 3.8) is 0 Å². The molecule has 0 aliphatic heterocycles. The molecule has 1 aromatic rings. The van der Waals surface area contributed by atoms with Gasteiger partial charge in [0.1, 0.15) is 0 Å². The van der Waals surface area contributed by atoms with Crippen molar-refractivity contribution in [3.05, 3.63) is 35.9 Å². The first kappa shape index (κ1) is 14.2. The van der Waals surface area contributed by atoms with Crippen molar-refractivity contribution in [1.29, 1.82) is 0 Å². The van der Waals surface area contributed by atoms with Crippen molar-refractivity contribution in [3.8, 4) is 0 Å². The fraction of sp³-hybridized carbons (Fsp3) is 0.385. The molecule has 1 aromatic carbocycles. The molecular formula is C13H17NO4. The van der Waals surface area contributed by atoms with Crippen molar-refractivity contribution < 1.29 is 19.4 Å². The average Bonchev–Trinajstić information content (AvgIpc) is 2.43. The minimum absolute atomic E-state index is 0.0370. The van der Waals surface area contributed by atoms with Crippen LogP contribution in [0.3, 0.4) is 0 Å². The molecule has 98 valence electrons. The van der Waals surface area contributed by atoms with Gasteiger partial charge in [-0.05, 0) is 5.56 Å². The molecule has 0 fully saturated rings. The second-order valence-electron chi connectivity index (χ2n) is 3.79. The van der Waals surface area contributed by atoms with Gasteiger partial charge in [0.05, 0.1) is 26.2 Å². The van der Waals surface area contributed by atoms with Crippen molar-refractivity contribution in [2.24, 2.45) is 0 Å². The van der Waals surface area contributed by atoms with Crippen LogP contribution in [0.25, 0.3) is 0 Å². The molecule has 0 aliphatic carbocycles. The summed E-state index contributed by atoms with van der Waals surface area (Å²) in [4.78, 5) is 22.5. The highest BCUT2D eigenvalue weighted by molar-refractivity contribution is 5.81. The third kappa shape index (κ3) is 4.55. The third-order valence-corrected chi connectivity index (χ3v) is 2.50. The van der Waals surface area contributed by atoms with Gasteiger partial charge in [0.2, 0.25) is 5.91 Å². The number of aliphatic hydroxyl groups is 1. The van der Waals surface area contributed by atoms with Gasteiger partial charge in [-0.15, -0.1) is 0 Å². The molecule has 1 unspecified atom stereocenters. The summed E-state index contributed by atoms with van der Waals surface area (Å²) in [6.07, 6.45) is 0.0886. The summed E-state index contributed by atoms with van der Waals surface area (Å²) in [5.74, 6) is -0.714. The van der Waals surface area contributed by atoms with Crippen LogP contribution in [0.4, 0.5) is 0 Å². The van der Waals surface area contributed by atoms with Crippen LogP contribution in [0, 0.1) is 0 Å². The number of esters is 1. The molecular weight excluding hydrogens is 234 g/mol. The zero-order valence-electron chi connectivity index (χ0n) is 10.3. The molecule has 0 saturated carbocycles. The molecule has 0 radical (unpaired) electrons. The number of benzene rings is 1. The van der Waals surface area contributed by atoms with E-state index in [1.54, 1.807) is 0 Å². The number of hydrogen-bond donors (Lipinski definition) is 2. The van der Waals surface area contributed by atoms with E-state index in [2.05, 4.69) is 10.1 Å². The Bertz CT molecular complexity index is 391. The number of ether oxygens (including phenoxy) is 1. The van der Waals surface area contributed by atoms with Gasteiger partial charge in [-0.1, -0.05) is 30.3 Å². The normalized spacial score (nSPS) is 11.7. The van der Waals surface area contributed by atoms with Gasteiger partial charge < -0.3 is 15.2 Å². The molecule has 0 aliphatic rings.